The third kappa shape index (κ3) is 4.16. The number of nitrogens with two attached hydrogens (primary N) is 1. The first-order chi connectivity index (χ1) is 10.1. The average Bonchev–Trinajstić information content (AvgIpc) is 2.50. The monoisotopic (exact) mass is 308 g/mol. The highest BCUT2D eigenvalue weighted by atomic mass is 35.5. The minimum absolute atomic E-state index is 0.109. The van der Waals surface area contributed by atoms with Gasteiger partial charge < -0.3 is 10.5 Å². The average molecular weight is 309 g/mol. The lowest BCUT2D eigenvalue weighted by atomic mass is 10.0. The largest absolute Gasteiger partial charge is 0.492 e. The quantitative estimate of drug-likeness (QED) is 0.880. The van der Waals surface area contributed by atoms with Crippen molar-refractivity contribution in [2.24, 2.45) is 5.73 Å². The lowest BCUT2D eigenvalue weighted by Crippen LogP contribution is -2.14. The van der Waals surface area contributed by atoms with Crippen LogP contribution in [0.4, 0.5) is 4.39 Å². The summed E-state index contributed by atoms with van der Waals surface area (Å²) in [5, 5.41) is 0.109. The van der Waals surface area contributed by atoms with E-state index in [9.17, 15) is 4.39 Å². The third-order valence-corrected chi connectivity index (χ3v) is 3.40. The van der Waals surface area contributed by atoms with Crippen molar-refractivity contribution in [1.82, 2.24) is 4.98 Å². The maximum Gasteiger partial charge on any atom is 0.145 e. The van der Waals surface area contributed by atoms with Gasteiger partial charge >= 0.3 is 0 Å². The summed E-state index contributed by atoms with van der Waals surface area (Å²) in [6.07, 6.45) is 4.59. The van der Waals surface area contributed by atoms with Crippen LogP contribution in [0.3, 0.4) is 0 Å². The van der Waals surface area contributed by atoms with Crippen LogP contribution in [0.2, 0.25) is 5.02 Å². The molecule has 1 atom stereocenters. The molecule has 0 aliphatic heterocycles. The highest BCUT2D eigenvalue weighted by Gasteiger charge is 2.13. The van der Waals surface area contributed by atoms with Gasteiger partial charge in [0.25, 0.3) is 0 Å². The number of nitrogens with zero attached hydrogens (tertiary/aromatic N) is 1. The molecule has 0 fully saturated rings. The van der Waals surface area contributed by atoms with Gasteiger partial charge in [0.2, 0.25) is 0 Å². The van der Waals surface area contributed by atoms with Crippen LogP contribution >= 0.6 is 11.6 Å². The first-order valence-electron chi connectivity index (χ1n) is 6.88. The Morgan fingerprint density at radius 2 is 2.19 bits per heavy atom. The van der Waals surface area contributed by atoms with Crippen molar-refractivity contribution >= 4 is 11.6 Å². The van der Waals surface area contributed by atoms with Gasteiger partial charge in [-0.1, -0.05) is 30.7 Å². The van der Waals surface area contributed by atoms with Crippen molar-refractivity contribution in [2.75, 3.05) is 6.61 Å². The fraction of sp³-hybridized carbons (Fsp3) is 0.312. The zero-order valence-electron chi connectivity index (χ0n) is 11.9. The van der Waals surface area contributed by atoms with Crippen molar-refractivity contribution in [3.63, 3.8) is 0 Å². The SMILES string of the molecule is CCCOc1cncc(C(N)Cc2cccc(Cl)c2F)c1. The summed E-state index contributed by atoms with van der Waals surface area (Å²) in [7, 11) is 0. The fourth-order valence-electron chi connectivity index (χ4n) is 2.00. The molecule has 1 heterocycles. The second kappa shape index (κ2) is 7.38. The van der Waals surface area contributed by atoms with E-state index in [-0.39, 0.29) is 11.1 Å². The predicted molar refractivity (Wildman–Crippen MR) is 82.1 cm³/mol. The van der Waals surface area contributed by atoms with Crippen LogP contribution in [-0.4, -0.2) is 11.6 Å². The number of rotatable bonds is 6. The zero-order valence-corrected chi connectivity index (χ0v) is 12.6. The van der Waals surface area contributed by atoms with Gasteiger partial charge in [-0.2, -0.15) is 0 Å². The Morgan fingerprint density at radius 3 is 2.95 bits per heavy atom. The number of hydrogen-bond donors (Lipinski definition) is 1. The van der Waals surface area contributed by atoms with E-state index in [0.717, 1.165) is 12.0 Å². The van der Waals surface area contributed by atoms with Gasteiger partial charge in [-0.25, -0.2) is 4.39 Å². The van der Waals surface area contributed by atoms with Gasteiger partial charge in [-0.3, -0.25) is 4.98 Å². The molecular formula is C16H18ClFN2O. The molecule has 0 saturated heterocycles. The molecule has 2 aromatic rings. The number of halogens is 2. The molecule has 2 rings (SSSR count). The predicted octanol–water partition coefficient (Wildman–Crippen LogP) is 3.91. The molecule has 5 heteroatoms. The van der Waals surface area contributed by atoms with E-state index in [1.165, 1.54) is 6.07 Å². The molecule has 0 saturated carbocycles. The molecule has 0 radical (unpaired) electrons. The van der Waals surface area contributed by atoms with Crippen molar-refractivity contribution in [1.29, 1.82) is 0 Å². The summed E-state index contributed by atoms with van der Waals surface area (Å²) in [5.74, 6) is 0.261. The molecule has 112 valence electrons. The first-order valence-corrected chi connectivity index (χ1v) is 7.25. The van der Waals surface area contributed by atoms with Crippen molar-refractivity contribution in [3.8, 4) is 5.75 Å². The second-order valence-corrected chi connectivity index (χ2v) is 5.23. The first kappa shape index (κ1) is 15.7. The molecule has 1 unspecified atom stereocenters. The van der Waals surface area contributed by atoms with Gasteiger partial charge in [0.05, 0.1) is 17.8 Å². The van der Waals surface area contributed by atoms with Crippen LogP contribution in [0.5, 0.6) is 5.75 Å². The summed E-state index contributed by atoms with van der Waals surface area (Å²) < 4.78 is 19.4. The minimum Gasteiger partial charge on any atom is -0.492 e. The maximum atomic E-state index is 13.9. The lowest BCUT2D eigenvalue weighted by molar-refractivity contribution is 0.315. The number of pyridine rings is 1. The summed E-state index contributed by atoms with van der Waals surface area (Å²) in [5.41, 5.74) is 7.44. The molecule has 1 aromatic carbocycles. The molecule has 0 aliphatic rings. The maximum absolute atomic E-state index is 13.9. The van der Waals surface area contributed by atoms with E-state index in [4.69, 9.17) is 22.1 Å². The third-order valence-electron chi connectivity index (χ3n) is 3.11. The minimum atomic E-state index is -0.416. The van der Waals surface area contributed by atoms with Crippen LogP contribution < -0.4 is 10.5 Å². The van der Waals surface area contributed by atoms with Gasteiger partial charge in [0.15, 0.2) is 0 Å². The van der Waals surface area contributed by atoms with Gasteiger partial charge in [-0.05, 0) is 36.1 Å². The van der Waals surface area contributed by atoms with E-state index in [1.54, 1.807) is 24.5 Å². The van der Waals surface area contributed by atoms with Crippen molar-refractivity contribution in [2.45, 2.75) is 25.8 Å². The Labute approximate surface area is 128 Å². The molecule has 0 spiro atoms. The summed E-state index contributed by atoms with van der Waals surface area (Å²) in [6, 6.07) is 6.40. The summed E-state index contributed by atoms with van der Waals surface area (Å²) in [4.78, 5) is 4.12. The van der Waals surface area contributed by atoms with E-state index < -0.39 is 5.82 Å². The van der Waals surface area contributed by atoms with E-state index in [0.29, 0.717) is 24.3 Å². The summed E-state index contributed by atoms with van der Waals surface area (Å²) >= 11 is 5.78. The Morgan fingerprint density at radius 1 is 1.38 bits per heavy atom. The normalized spacial score (nSPS) is 12.2. The number of benzene rings is 1. The highest BCUT2D eigenvalue weighted by molar-refractivity contribution is 6.30. The zero-order chi connectivity index (χ0) is 15.2. The van der Waals surface area contributed by atoms with Crippen LogP contribution in [0.15, 0.2) is 36.7 Å². The molecule has 0 amide bonds. The van der Waals surface area contributed by atoms with Crippen LogP contribution in [0, 0.1) is 5.82 Å². The van der Waals surface area contributed by atoms with Crippen LogP contribution in [0.1, 0.15) is 30.5 Å². The second-order valence-electron chi connectivity index (χ2n) is 4.83. The van der Waals surface area contributed by atoms with E-state index >= 15 is 0 Å². The molecule has 1 aromatic heterocycles. The van der Waals surface area contributed by atoms with Gasteiger partial charge in [-0.15, -0.1) is 0 Å². The fourth-order valence-corrected chi connectivity index (χ4v) is 2.19. The summed E-state index contributed by atoms with van der Waals surface area (Å²) in [6.45, 7) is 2.66. The van der Waals surface area contributed by atoms with E-state index in [2.05, 4.69) is 4.98 Å². The highest BCUT2D eigenvalue weighted by Crippen LogP contribution is 2.24. The molecule has 21 heavy (non-hydrogen) atoms. The topological polar surface area (TPSA) is 48.1 Å². The number of aromatic nitrogens is 1. The van der Waals surface area contributed by atoms with Gasteiger partial charge in [0, 0.05) is 12.2 Å². The molecule has 0 bridgehead atoms. The van der Waals surface area contributed by atoms with Crippen LogP contribution in [-0.2, 0) is 6.42 Å². The Balaban J connectivity index is 2.12. The molecule has 2 N–H and O–H groups in total. The molecular weight excluding hydrogens is 291 g/mol. The van der Waals surface area contributed by atoms with Crippen molar-refractivity contribution < 1.29 is 9.13 Å². The van der Waals surface area contributed by atoms with Crippen LogP contribution in [0.25, 0.3) is 0 Å². The number of hydrogen-bond acceptors (Lipinski definition) is 3. The van der Waals surface area contributed by atoms with E-state index in [1.807, 2.05) is 13.0 Å². The van der Waals surface area contributed by atoms with Crippen molar-refractivity contribution in [3.05, 3.63) is 58.6 Å². The number of ether oxygens (including phenoxy) is 1. The Hall–Kier alpha value is -1.65. The smallest absolute Gasteiger partial charge is 0.145 e. The van der Waals surface area contributed by atoms with Gasteiger partial charge in [0.1, 0.15) is 11.6 Å². The molecule has 0 aliphatic carbocycles. The lowest BCUT2D eigenvalue weighted by Gasteiger charge is -2.14. The molecule has 3 nitrogen and oxygen atoms in total. The Kier molecular flexibility index (Phi) is 5.53. The standard InChI is InChI=1S/C16H18ClFN2O/c1-2-6-21-13-7-12(9-20-10-13)15(19)8-11-4-3-5-14(17)16(11)18/h3-5,7,9-10,15H,2,6,8,19H2,1H3. The Bertz CT molecular complexity index is 607.